The van der Waals surface area contributed by atoms with Gasteiger partial charge in [-0.25, -0.2) is 4.90 Å². The summed E-state index contributed by atoms with van der Waals surface area (Å²) in [4.78, 5) is 30.8. The Morgan fingerprint density at radius 3 is 2.74 bits per heavy atom. The van der Waals surface area contributed by atoms with Crippen LogP contribution >= 0.6 is 11.3 Å². The van der Waals surface area contributed by atoms with Gasteiger partial charge < -0.3 is 10.0 Å². The van der Waals surface area contributed by atoms with E-state index < -0.39 is 0 Å². The van der Waals surface area contributed by atoms with Crippen LogP contribution in [0.3, 0.4) is 0 Å². The molecule has 0 saturated carbocycles. The summed E-state index contributed by atoms with van der Waals surface area (Å²) in [5.41, 5.74) is 2.56. The Bertz CT molecular complexity index is 904. The van der Waals surface area contributed by atoms with E-state index in [9.17, 15) is 14.7 Å². The van der Waals surface area contributed by atoms with Gasteiger partial charge in [0, 0.05) is 24.6 Å². The van der Waals surface area contributed by atoms with Crippen molar-refractivity contribution in [1.29, 1.82) is 0 Å². The average Bonchev–Trinajstić information content (AvgIpc) is 3.28. The van der Waals surface area contributed by atoms with E-state index in [0.717, 1.165) is 29.8 Å². The summed E-state index contributed by atoms with van der Waals surface area (Å²) in [7, 11) is 0. The number of nitrogens with zero attached hydrogens (tertiary/aromatic N) is 2. The van der Waals surface area contributed by atoms with Gasteiger partial charge in [-0.05, 0) is 54.8 Å². The molecule has 3 heterocycles. The monoisotopic (exact) mass is 382 g/mol. The summed E-state index contributed by atoms with van der Waals surface area (Å²) in [5, 5.41) is 11.5. The molecule has 0 radical (unpaired) electrons. The van der Waals surface area contributed by atoms with E-state index in [1.165, 1.54) is 16.2 Å². The van der Waals surface area contributed by atoms with Crippen LogP contribution in [-0.2, 0) is 9.59 Å². The molecule has 2 aliphatic rings. The standard InChI is InChI=1S/C21H22N2O3S/c1-14-5-2-7-16(11-14)23-20(25)18(17-8-4-10-27-17)19(21(23)26)22-9-3-6-15(12-22)13-24/h2,4-5,7-8,10-11,15,24H,3,6,9,12-13H2,1H3. The molecule has 1 aromatic heterocycles. The van der Waals surface area contributed by atoms with Crippen molar-refractivity contribution in [3.8, 4) is 0 Å². The van der Waals surface area contributed by atoms with E-state index in [-0.39, 0.29) is 24.3 Å². The van der Waals surface area contributed by atoms with Crippen LogP contribution in [0.2, 0.25) is 0 Å². The number of aliphatic hydroxyl groups excluding tert-OH is 1. The third-order valence-corrected chi connectivity index (χ3v) is 6.07. The minimum atomic E-state index is -0.271. The number of carbonyl (C=O) groups is 2. The van der Waals surface area contributed by atoms with Crippen molar-refractivity contribution < 1.29 is 14.7 Å². The molecule has 1 aromatic carbocycles. The molecule has 27 heavy (non-hydrogen) atoms. The second-order valence-electron chi connectivity index (χ2n) is 7.12. The average molecular weight is 382 g/mol. The van der Waals surface area contributed by atoms with E-state index >= 15 is 0 Å². The molecular formula is C21H22N2O3S. The van der Waals surface area contributed by atoms with Crippen molar-refractivity contribution in [2.24, 2.45) is 5.92 Å². The molecule has 0 spiro atoms. The number of amides is 2. The lowest BCUT2D eigenvalue weighted by atomic mass is 9.98. The van der Waals surface area contributed by atoms with Crippen molar-refractivity contribution in [3.63, 3.8) is 0 Å². The third kappa shape index (κ3) is 3.19. The van der Waals surface area contributed by atoms with Crippen molar-refractivity contribution >= 4 is 34.4 Å². The first-order valence-corrected chi connectivity index (χ1v) is 10.1. The van der Waals surface area contributed by atoms with Crippen LogP contribution in [0.15, 0.2) is 47.5 Å². The number of anilines is 1. The zero-order valence-corrected chi connectivity index (χ0v) is 16.0. The summed E-state index contributed by atoms with van der Waals surface area (Å²) in [5.74, 6) is -0.409. The van der Waals surface area contributed by atoms with E-state index in [4.69, 9.17) is 0 Å². The van der Waals surface area contributed by atoms with Crippen molar-refractivity contribution in [3.05, 3.63) is 57.9 Å². The molecular weight excluding hydrogens is 360 g/mol. The molecule has 2 amide bonds. The fourth-order valence-electron chi connectivity index (χ4n) is 3.87. The lowest BCUT2D eigenvalue weighted by Gasteiger charge is -2.34. The van der Waals surface area contributed by atoms with Crippen LogP contribution < -0.4 is 4.90 Å². The largest absolute Gasteiger partial charge is 0.396 e. The first kappa shape index (κ1) is 17.9. The quantitative estimate of drug-likeness (QED) is 0.826. The van der Waals surface area contributed by atoms with Crippen LogP contribution in [0, 0.1) is 12.8 Å². The molecule has 1 fully saturated rings. The number of aryl methyl sites for hydroxylation is 1. The maximum absolute atomic E-state index is 13.4. The van der Waals surface area contributed by atoms with E-state index in [0.29, 0.717) is 23.5 Å². The minimum absolute atomic E-state index is 0.0991. The van der Waals surface area contributed by atoms with Gasteiger partial charge in [-0.3, -0.25) is 9.59 Å². The molecule has 1 unspecified atom stereocenters. The molecule has 0 aliphatic carbocycles. The second-order valence-corrected chi connectivity index (χ2v) is 8.07. The van der Waals surface area contributed by atoms with Gasteiger partial charge in [-0.15, -0.1) is 11.3 Å². The number of thiophene rings is 1. The van der Waals surface area contributed by atoms with Gasteiger partial charge >= 0.3 is 0 Å². The van der Waals surface area contributed by atoms with Crippen molar-refractivity contribution in [1.82, 2.24) is 4.90 Å². The summed E-state index contributed by atoms with van der Waals surface area (Å²) in [6, 6.07) is 11.2. The molecule has 2 aliphatic heterocycles. The normalized spacial score (nSPS) is 20.7. The topological polar surface area (TPSA) is 60.9 Å². The highest BCUT2D eigenvalue weighted by atomic mass is 32.1. The predicted octanol–water partition coefficient (Wildman–Crippen LogP) is 3.05. The summed E-state index contributed by atoms with van der Waals surface area (Å²) >= 11 is 1.47. The Kier molecular flexibility index (Phi) is 4.85. The maximum atomic E-state index is 13.4. The molecule has 5 nitrogen and oxygen atoms in total. The molecule has 4 rings (SSSR count). The van der Waals surface area contributed by atoms with Gasteiger partial charge in [0.15, 0.2) is 0 Å². The number of rotatable bonds is 4. The number of piperidine rings is 1. The Morgan fingerprint density at radius 2 is 2.04 bits per heavy atom. The number of aliphatic hydroxyl groups is 1. The molecule has 1 saturated heterocycles. The van der Waals surface area contributed by atoms with E-state index in [2.05, 4.69) is 0 Å². The highest BCUT2D eigenvalue weighted by Crippen LogP contribution is 2.38. The summed E-state index contributed by atoms with van der Waals surface area (Å²) in [6.07, 6.45) is 1.84. The molecule has 6 heteroatoms. The van der Waals surface area contributed by atoms with Gasteiger partial charge in [-0.1, -0.05) is 18.2 Å². The van der Waals surface area contributed by atoms with Gasteiger partial charge in [0.25, 0.3) is 11.8 Å². The SMILES string of the molecule is Cc1cccc(N2C(=O)C(c3cccs3)=C(N3CCCC(CO)C3)C2=O)c1. The smallest absolute Gasteiger partial charge is 0.282 e. The Hall–Kier alpha value is -2.44. The van der Waals surface area contributed by atoms with Crippen LogP contribution in [0.25, 0.3) is 5.57 Å². The first-order chi connectivity index (χ1) is 13.1. The van der Waals surface area contributed by atoms with E-state index in [1.807, 2.05) is 47.5 Å². The van der Waals surface area contributed by atoms with Crippen molar-refractivity contribution in [2.45, 2.75) is 19.8 Å². The Morgan fingerprint density at radius 1 is 1.19 bits per heavy atom. The summed E-state index contributed by atoms with van der Waals surface area (Å²) < 4.78 is 0. The molecule has 0 bridgehead atoms. The number of hydrogen-bond acceptors (Lipinski definition) is 5. The highest BCUT2D eigenvalue weighted by Gasteiger charge is 2.43. The minimum Gasteiger partial charge on any atom is -0.396 e. The number of imide groups is 1. The maximum Gasteiger partial charge on any atom is 0.282 e. The van der Waals surface area contributed by atoms with Gasteiger partial charge in [-0.2, -0.15) is 0 Å². The van der Waals surface area contributed by atoms with Crippen LogP contribution in [0.4, 0.5) is 5.69 Å². The number of likely N-dealkylation sites (tertiary alicyclic amines) is 1. The highest BCUT2D eigenvalue weighted by molar-refractivity contribution is 7.11. The predicted molar refractivity (Wildman–Crippen MR) is 106 cm³/mol. The molecule has 1 N–H and O–H groups in total. The third-order valence-electron chi connectivity index (χ3n) is 5.18. The van der Waals surface area contributed by atoms with Gasteiger partial charge in [0.05, 0.1) is 11.3 Å². The summed E-state index contributed by atoms with van der Waals surface area (Å²) in [6.45, 7) is 3.37. The van der Waals surface area contributed by atoms with E-state index in [1.54, 1.807) is 6.07 Å². The Balaban J connectivity index is 1.79. The van der Waals surface area contributed by atoms with Gasteiger partial charge in [0.1, 0.15) is 5.70 Å². The molecule has 140 valence electrons. The number of benzene rings is 1. The fraction of sp³-hybridized carbons (Fsp3) is 0.333. The van der Waals surface area contributed by atoms with Crippen molar-refractivity contribution in [2.75, 3.05) is 24.6 Å². The number of hydrogen-bond donors (Lipinski definition) is 1. The first-order valence-electron chi connectivity index (χ1n) is 9.19. The van der Waals surface area contributed by atoms with Crippen LogP contribution in [0.5, 0.6) is 0 Å². The van der Waals surface area contributed by atoms with Crippen LogP contribution in [0.1, 0.15) is 23.3 Å². The van der Waals surface area contributed by atoms with Crippen LogP contribution in [-0.4, -0.2) is 41.5 Å². The second kappa shape index (κ2) is 7.29. The van der Waals surface area contributed by atoms with Gasteiger partial charge in [0.2, 0.25) is 0 Å². The lowest BCUT2D eigenvalue weighted by molar-refractivity contribution is -0.120. The Labute approximate surface area is 162 Å². The lowest BCUT2D eigenvalue weighted by Crippen LogP contribution is -2.40. The fourth-order valence-corrected chi connectivity index (χ4v) is 4.64. The molecule has 2 aromatic rings. The zero-order chi connectivity index (χ0) is 19.0. The number of carbonyl (C=O) groups excluding carboxylic acids is 2. The zero-order valence-electron chi connectivity index (χ0n) is 15.2. The molecule has 1 atom stereocenters.